The van der Waals surface area contributed by atoms with Crippen LogP contribution in [0, 0.1) is 5.92 Å². The van der Waals surface area contributed by atoms with E-state index in [0.717, 1.165) is 30.3 Å². The van der Waals surface area contributed by atoms with Gasteiger partial charge in [0, 0.05) is 31.7 Å². The summed E-state index contributed by atoms with van der Waals surface area (Å²) in [6.45, 7) is 6.59. The van der Waals surface area contributed by atoms with Crippen LogP contribution in [0.25, 0.3) is 0 Å². The second-order valence-corrected chi connectivity index (χ2v) is 7.65. The molecule has 0 radical (unpaired) electrons. The number of hydrogen-bond donors (Lipinski definition) is 0. The van der Waals surface area contributed by atoms with Crippen molar-refractivity contribution < 1.29 is 9.53 Å². The van der Waals surface area contributed by atoms with Gasteiger partial charge in [-0.1, -0.05) is 6.42 Å². The zero-order valence-electron chi connectivity index (χ0n) is 15.5. The summed E-state index contributed by atoms with van der Waals surface area (Å²) in [5.74, 6) is 0.857. The number of morpholine rings is 1. The predicted octanol–water partition coefficient (Wildman–Crippen LogP) is 0.649. The molecular weight excluding hydrogens is 332 g/mol. The van der Waals surface area contributed by atoms with Gasteiger partial charge in [0.25, 0.3) is 5.56 Å². The zero-order valence-corrected chi connectivity index (χ0v) is 15.5. The number of amides is 1. The Morgan fingerprint density at radius 2 is 2.19 bits per heavy atom. The Morgan fingerprint density at radius 1 is 1.35 bits per heavy atom. The summed E-state index contributed by atoms with van der Waals surface area (Å²) < 4.78 is 7.25. The molecule has 3 aliphatic rings. The molecule has 0 N–H and O–H groups in total. The minimum absolute atomic E-state index is 0.0391. The van der Waals surface area contributed by atoms with Crippen molar-refractivity contribution in [2.24, 2.45) is 5.92 Å². The monoisotopic (exact) mass is 360 g/mol. The molecule has 0 aromatic carbocycles. The van der Waals surface area contributed by atoms with E-state index in [2.05, 4.69) is 9.88 Å². The third-order valence-corrected chi connectivity index (χ3v) is 6.09. The summed E-state index contributed by atoms with van der Waals surface area (Å²) >= 11 is 0. The first-order chi connectivity index (χ1) is 12.7. The first kappa shape index (κ1) is 17.7. The van der Waals surface area contributed by atoms with Gasteiger partial charge in [0.2, 0.25) is 5.91 Å². The van der Waals surface area contributed by atoms with Gasteiger partial charge < -0.3 is 9.64 Å². The molecule has 142 valence electrons. The third kappa shape index (κ3) is 3.30. The topological polar surface area (TPSA) is 67.7 Å². The molecule has 2 fully saturated rings. The molecule has 2 aliphatic heterocycles. The van der Waals surface area contributed by atoms with Crippen LogP contribution in [0.4, 0.5) is 0 Å². The van der Waals surface area contributed by atoms with Crippen molar-refractivity contribution in [1.82, 2.24) is 19.4 Å². The zero-order chi connectivity index (χ0) is 18.1. The maximum atomic E-state index is 13.2. The average molecular weight is 360 g/mol. The van der Waals surface area contributed by atoms with Crippen LogP contribution in [0.2, 0.25) is 0 Å². The number of aromatic nitrogens is 2. The Balaban J connectivity index is 1.47. The highest BCUT2D eigenvalue weighted by Crippen LogP contribution is 2.28. The van der Waals surface area contributed by atoms with Crippen LogP contribution in [0.3, 0.4) is 0 Å². The van der Waals surface area contributed by atoms with Gasteiger partial charge in [-0.3, -0.25) is 19.1 Å². The molecule has 1 aromatic heterocycles. The molecule has 1 unspecified atom stereocenters. The number of aryl methyl sites for hydroxylation is 1. The Hall–Kier alpha value is -1.73. The van der Waals surface area contributed by atoms with E-state index >= 15 is 0 Å². The number of ether oxygens (including phenoxy) is 1. The maximum Gasteiger partial charge on any atom is 0.256 e. The molecule has 1 saturated carbocycles. The van der Waals surface area contributed by atoms with E-state index in [0.29, 0.717) is 39.3 Å². The molecular formula is C19H28N4O3. The Labute approximate surface area is 153 Å². The van der Waals surface area contributed by atoms with Crippen molar-refractivity contribution in [1.29, 1.82) is 0 Å². The van der Waals surface area contributed by atoms with Crippen LogP contribution in [-0.2, 0) is 29.0 Å². The third-order valence-electron chi connectivity index (χ3n) is 6.09. The predicted molar refractivity (Wildman–Crippen MR) is 96.8 cm³/mol. The molecule has 7 nitrogen and oxygen atoms in total. The van der Waals surface area contributed by atoms with Crippen LogP contribution in [0.1, 0.15) is 37.4 Å². The van der Waals surface area contributed by atoms with Crippen LogP contribution in [0.5, 0.6) is 0 Å². The van der Waals surface area contributed by atoms with Crippen molar-refractivity contribution in [2.45, 2.75) is 51.7 Å². The molecule has 1 atom stereocenters. The quantitative estimate of drug-likeness (QED) is 0.789. The summed E-state index contributed by atoms with van der Waals surface area (Å²) in [6.07, 6.45) is 6.06. The van der Waals surface area contributed by atoms with Crippen molar-refractivity contribution in [3.63, 3.8) is 0 Å². The van der Waals surface area contributed by atoms with Gasteiger partial charge in [-0.05, 0) is 32.1 Å². The van der Waals surface area contributed by atoms with Gasteiger partial charge in [0.1, 0.15) is 6.04 Å². The van der Waals surface area contributed by atoms with E-state index in [4.69, 9.17) is 4.74 Å². The fourth-order valence-corrected chi connectivity index (χ4v) is 4.18. The number of nitrogens with zero attached hydrogens (tertiary/aromatic N) is 4. The van der Waals surface area contributed by atoms with Crippen molar-refractivity contribution >= 4 is 5.91 Å². The summed E-state index contributed by atoms with van der Waals surface area (Å²) in [4.78, 5) is 34.2. The Bertz CT molecular complexity index is 728. The van der Waals surface area contributed by atoms with Gasteiger partial charge in [0.05, 0.1) is 31.8 Å². The first-order valence-electron chi connectivity index (χ1n) is 9.85. The largest absolute Gasteiger partial charge is 0.378 e. The number of rotatable bonds is 4. The summed E-state index contributed by atoms with van der Waals surface area (Å²) in [7, 11) is 0. The summed E-state index contributed by atoms with van der Waals surface area (Å²) in [5.41, 5.74) is 1.56. The molecule has 0 spiro atoms. The number of hydrogen-bond acceptors (Lipinski definition) is 5. The maximum absolute atomic E-state index is 13.2. The SMILES string of the molecule is CCn1cnc2c(c1=O)CCN(C(=O)C1COCCN1CC1CCC1)C2. The van der Waals surface area contributed by atoms with E-state index in [1.807, 2.05) is 11.8 Å². The average Bonchev–Trinajstić information content (AvgIpc) is 2.64. The lowest BCUT2D eigenvalue weighted by Crippen LogP contribution is -2.57. The smallest absolute Gasteiger partial charge is 0.256 e. The van der Waals surface area contributed by atoms with Crippen LogP contribution >= 0.6 is 0 Å². The summed E-state index contributed by atoms with van der Waals surface area (Å²) in [6, 6.07) is -0.193. The van der Waals surface area contributed by atoms with Crippen molar-refractivity contribution in [3.8, 4) is 0 Å². The van der Waals surface area contributed by atoms with E-state index < -0.39 is 0 Å². The molecule has 1 aromatic rings. The van der Waals surface area contributed by atoms with Crippen LogP contribution in [-0.4, -0.2) is 64.1 Å². The highest BCUT2D eigenvalue weighted by molar-refractivity contribution is 5.82. The normalized spacial score (nSPS) is 24.2. The Morgan fingerprint density at radius 3 is 2.92 bits per heavy atom. The lowest BCUT2D eigenvalue weighted by Gasteiger charge is -2.41. The summed E-state index contributed by atoms with van der Waals surface area (Å²) in [5, 5.41) is 0. The molecule has 1 amide bonds. The van der Waals surface area contributed by atoms with Gasteiger partial charge in [-0.25, -0.2) is 4.98 Å². The molecule has 7 heteroatoms. The van der Waals surface area contributed by atoms with Crippen molar-refractivity contribution in [2.75, 3.05) is 32.8 Å². The van der Waals surface area contributed by atoms with Crippen LogP contribution < -0.4 is 5.56 Å². The molecule has 26 heavy (non-hydrogen) atoms. The molecule has 0 bridgehead atoms. The van der Waals surface area contributed by atoms with Crippen molar-refractivity contribution in [3.05, 3.63) is 27.9 Å². The van der Waals surface area contributed by atoms with Gasteiger partial charge >= 0.3 is 0 Å². The van der Waals surface area contributed by atoms with E-state index in [9.17, 15) is 9.59 Å². The Kier molecular flexibility index (Phi) is 5.09. The molecule has 3 heterocycles. The number of fused-ring (bicyclic) bond motifs is 1. The standard InChI is InChI=1S/C19H28N4O3/c1-2-21-13-20-16-11-23(7-6-15(16)18(21)24)19(25)17-12-26-9-8-22(17)10-14-4-3-5-14/h13-14,17H,2-12H2,1H3. The molecule has 1 aliphatic carbocycles. The highest BCUT2D eigenvalue weighted by Gasteiger charge is 2.36. The second-order valence-electron chi connectivity index (χ2n) is 7.65. The fraction of sp³-hybridized carbons (Fsp3) is 0.737. The fourth-order valence-electron chi connectivity index (χ4n) is 4.18. The second kappa shape index (κ2) is 7.48. The van der Waals surface area contributed by atoms with Crippen LogP contribution in [0.15, 0.2) is 11.1 Å². The van der Waals surface area contributed by atoms with Gasteiger partial charge in [0.15, 0.2) is 0 Å². The van der Waals surface area contributed by atoms with Gasteiger partial charge in [-0.15, -0.1) is 0 Å². The molecule has 4 rings (SSSR count). The number of carbonyl (C=O) groups is 1. The lowest BCUT2D eigenvalue weighted by molar-refractivity contribution is -0.145. The first-order valence-corrected chi connectivity index (χ1v) is 9.85. The van der Waals surface area contributed by atoms with E-state index in [1.165, 1.54) is 19.3 Å². The highest BCUT2D eigenvalue weighted by atomic mass is 16.5. The molecule has 1 saturated heterocycles. The lowest BCUT2D eigenvalue weighted by atomic mass is 9.84. The number of carbonyl (C=O) groups excluding carboxylic acids is 1. The van der Waals surface area contributed by atoms with E-state index in [1.54, 1.807) is 10.9 Å². The minimum atomic E-state index is -0.193. The van der Waals surface area contributed by atoms with Gasteiger partial charge in [-0.2, -0.15) is 0 Å². The van der Waals surface area contributed by atoms with E-state index in [-0.39, 0.29) is 17.5 Å². The minimum Gasteiger partial charge on any atom is -0.378 e.